The summed E-state index contributed by atoms with van der Waals surface area (Å²) in [6, 6.07) is 15.0. The molecule has 0 aliphatic carbocycles. The summed E-state index contributed by atoms with van der Waals surface area (Å²) in [6.45, 7) is 5.04. The highest BCUT2D eigenvalue weighted by atomic mass is 16.2. The monoisotopic (exact) mass is 489 g/mol. The second-order valence-electron chi connectivity index (χ2n) is 9.14. The summed E-state index contributed by atoms with van der Waals surface area (Å²) < 4.78 is 0. The zero-order valence-electron chi connectivity index (χ0n) is 20.9. The van der Waals surface area contributed by atoms with Gasteiger partial charge in [-0.05, 0) is 50.5 Å². The van der Waals surface area contributed by atoms with Crippen LogP contribution < -0.4 is 10.6 Å². The summed E-state index contributed by atoms with van der Waals surface area (Å²) >= 11 is 0. The van der Waals surface area contributed by atoms with E-state index in [2.05, 4.69) is 16.7 Å². The number of anilines is 1. The van der Waals surface area contributed by atoms with Gasteiger partial charge in [0.25, 0.3) is 5.91 Å². The lowest BCUT2D eigenvalue weighted by atomic mass is 10.0. The highest BCUT2D eigenvalue weighted by Crippen LogP contribution is 2.25. The van der Waals surface area contributed by atoms with Gasteiger partial charge in [0.15, 0.2) is 0 Å². The maximum absolute atomic E-state index is 13.0. The molecule has 2 aromatic carbocycles. The maximum Gasteiger partial charge on any atom is 0.252 e. The third-order valence-corrected chi connectivity index (χ3v) is 6.36. The molecule has 36 heavy (non-hydrogen) atoms. The van der Waals surface area contributed by atoms with Crippen LogP contribution in [0.15, 0.2) is 48.5 Å². The smallest absolute Gasteiger partial charge is 0.252 e. The molecule has 1 aliphatic heterocycles. The van der Waals surface area contributed by atoms with Crippen LogP contribution in [-0.4, -0.2) is 65.6 Å². The second kappa shape index (κ2) is 11.5. The van der Waals surface area contributed by atoms with Crippen molar-refractivity contribution in [2.75, 3.05) is 25.5 Å². The van der Waals surface area contributed by atoms with Crippen LogP contribution in [0, 0.1) is 31.1 Å². The molecular formula is C27H31N5O4. The summed E-state index contributed by atoms with van der Waals surface area (Å²) in [5.41, 5.74) is 2.77. The predicted octanol–water partition coefficient (Wildman–Crippen LogP) is 2.26. The molecule has 0 bridgehead atoms. The molecule has 0 radical (unpaired) electrons. The number of nitriles is 1. The molecule has 1 heterocycles. The number of carbonyl (C=O) groups excluding carboxylic acids is 4. The molecule has 4 amide bonds. The first-order valence-electron chi connectivity index (χ1n) is 11.8. The lowest BCUT2D eigenvalue weighted by Crippen LogP contribution is -2.49. The fraction of sp³-hybridized carbons (Fsp3) is 0.370. The first-order chi connectivity index (χ1) is 17.1. The Kier molecular flexibility index (Phi) is 8.43. The van der Waals surface area contributed by atoms with Crippen LogP contribution in [0.2, 0.25) is 0 Å². The van der Waals surface area contributed by atoms with E-state index in [1.807, 2.05) is 38.1 Å². The molecule has 2 aromatic rings. The number of carbonyl (C=O) groups is 4. The predicted molar refractivity (Wildman–Crippen MR) is 135 cm³/mol. The van der Waals surface area contributed by atoms with Crippen LogP contribution in [0.25, 0.3) is 0 Å². The Morgan fingerprint density at radius 1 is 1.08 bits per heavy atom. The van der Waals surface area contributed by atoms with Gasteiger partial charge in [-0.1, -0.05) is 36.4 Å². The number of para-hydroxylation sites is 1. The van der Waals surface area contributed by atoms with E-state index in [0.29, 0.717) is 11.3 Å². The van der Waals surface area contributed by atoms with Crippen molar-refractivity contribution in [3.8, 4) is 6.07 Å². The summed E-state index contributed by atoms with van der Waals surface area (Å²) in [5, 5.41) is 15.1. The highest BCUT2D eigenvalue weighted by molar-refractivity contribution is 6.00. The van der Waals surface area contributed by atoms with E-state index in [4.69, 9.17) is 0 Å². The van der Waals surface area contributed by atoms with E-state index in [0.717, 1.165) is 11.1 Å². The zero-order valence-corrected chi connectivity index (χ0v) is 20.9. The van der Waals surface area contributed by atoms with E-state index in [1.165, 1.54) is 16.8 Å². The van der Waals surface area contributed by atoms with Gasteiger partial charge in [-0.15, -0.1) is 0 Å². The molecule has 188 valence electrons. The van der Waals surface area contributed by atoms with Gasteiger partial charge in [0.05, 0.1) is 18.5 Å². The molecule has 1 fully saturated rings. The second-order valence-corrected chi connectivity index (χ2v) is 9.14. The number of nitrogens with one attached hydrogen (secondary N) is 2. The van der Waals surface area contributed by atoms with Crippen molar-refractivity contribution in [3.05, 3.63) is 65.2 Å². The molecule has 9 nitrogen and oxygen atoms in total. The van der Waals surface area contributed by atoms with Crippen LogP contribution in [0.4, 0.5) is 5.69 Å². The molecular weight excluding hydrogens is 458 g/mol. The lowest BCUT2D eigenvalue weighted by molar-refractivity contribution is -0.140. The Bertz CT molecular complexity index is 1170. The number of hydrogen-bond acceptors (Lipinski definition) is 5. The topological polar surface area (TPSA) is 123 Å². The SMILES string of the molecule is Cc1cccc(C)c1C(=O)NC(C)C(=O)N(C)CC(=O)N1CC(C(=O)Nc2ccccc2)CC1C#N. The minimum Gasteiger partial charge on any atom is -0.341 e. The van der Waals surface area contributed by atoms with Crippen LogP contribution >= 0.6 is 0 Å². The van der Waals surface area contributed by atoms with Crippen molar-refractivity contribution in [2.45, 2.75) is 39.3 Å². The first kappa shape index (κ1) is 26.4. The summed E-state index contributed by atoms with van der Waals surface area (Å²) in [7, 11) is 1.47. The zero-order chi connectivity index (χ0) is 26.4. The third-order valence-electron chi connectivity index (χ3n) is 6.36. The molecule has 2 N–H and O–H groups in total. The summed E-state index contributed by atoms with van der Waals surface area (Å²) in [5.74, 6) is -2.02. The average molecular weight is 490 g/mol. The van der Waals surface area contributed by atoms with Gasteiger partial charge in [0.2, 0.25) is 17.7 Å². The molecule has 0 saturated carbocycles. The minimum atomic E-state index is -0.857. The molecule has 1 saturated heterocycles. The third kappa shape index (κ3) is 6.08. The van der Waals surface area contributed by atoms with Gasteiger partial charge in [-0.25, -0.2) is 0 Å². The van der Waals surface area contributed by atoms with Crippen molar-refractivity contribution in [2.24, 2.45) is 5.92 Å². The van der Waals surface area contributed by atoms with Gasteiger partial charge >= 0.3 is 0 Å². The van der Waals surface area contributed by atoms with Crippen LogP contribution in [-0.2, 0) is 14.4 Å². The Balaban J connectivity index is 1.58. The van der Waals surface area contributed by atoms with E-state index in [9.17, 15) is 24.4 Å². The van der Waals surface area contributed by atoms with Crippen LogP contribution in [0.5, 0.6) is 0 Å². The van der Waals surface area contributed by atoms with E-state index in [-0.39, 0.29) is 31.3 Å². The van der Waals surface area contributed by atoms with Crippen LogP contribution in [0.3, 0.4) is 0 Å². The molecule has 0 spiro atoms. The number of nitrogens with zero attached hydrogens (tertiary/aromatic N) is 3. The Morgan fingerprint density at radius 3 is 2.33 bits per heavy atom. The van der Waals surface area contributed by atoms with Gasteiger partial charge in [-0.3, -0.25) is 19.2 Å². The molecule has 1 aliphatic rings. The molecule has 3 rings (SSSR count). The number of likely N-dealkylation sites (N-methyl/N-ethyl adjacent to an activating group) is 1. The molecule has 0 aromatic heterocycles. The van der Waals surface area contributed by atoms with Crippen LogP contribution in [0.1, 0.15) is 34.8 Å². The Hall–Kier alpha value is -4.19. The summed E-state index contributed by atoms with van der Waals surface area (Å²) in [4.78, 5) is 53.8. The largest absolute Gasteiger partial charge is 0.341 e. The number of hydrogen-bond donors (Lipinski definition) is 2. The number of benzene rings is 2. The van der Waals surface area contributed by atoms with E-state index >= 15 is 0 Å². The number of rotatable bonds is 7. The fourth-order valence-corrected chi connectivity index (χ4v) is 4.40. The minimum absolute atomic E-state index is 0.0939. The van der Waals surface area contributed by atoms with Crippen molar-refractivity contribution < 1.29 is 19.2 Å². The Labute approximate surface area is 211 Å². The molecule has 3 unspecified atom stereocenters. The first-order valence-corrected chi connectivity index (χ1v) is 11.8. The number of likely N-dealkylation sites (tertiary alicyclic amines) is 1. The van der Waals surface area contributed by atoms with E-state index in [1.54, 1.807) is 31.2 Å². The van der Waals surface area contributed by atoms with Gasteiger partial charge in [0, 0.05) is 24.8 Å². The van der Waals surface area contributed by atoms with Crippen molar-refractivity contribution in [1.82, 2.24) is 15.1 Å². The van der Waals surface area contributed by atoms with Crippen molar-refractivity contribution >= 4 is 29.3 Å². The fourth-order valence-electron chi connectivity index (χ4n) is 4.40. The standard InChI is InChI=1S/C27H31N5O4/c1-17-9-8-10-18(2)24(17)26(35)29-19(3)27(36)31(4)16-23(33)32-15-20(13-22(32)14-28)25(34)30-21-11-6-5-7-12-21/h5-12,19-20,22H,13,15-16H2,1-4H3,(H,29,35)(H,30,34). The number of aryl methyl sites for hydroxylation is 2. The van der Waals surface area contributed by atoms with E-state index < -0.39 is 29.8 Å². The quantitative estimate of drug-likeness (QED) is 0.618. The number of amides is 4. The lowest BCUT2D eigenvalue weighted by Gasteiger charge is -2.26. The normalized spacial score (nSPS) is 17.6. The average Bonchev–Trinajstić information content (AvgIpc) is 3.29. The van der Waals surface area contributed by atoms with Gasteiger partial charge < -0.3 is 20.4 Å². The van der Waals surface area contributed by atoms with Gasteiger partial charge in [-0.2, -0.15) is 5.26 Å². The van der Waals surface area contributed by atoms with Crippen molar-refractivity contribution in [1.29, 1.82) is 5.26 Å². The molecule has 9 heteroatoms. The molecule has 3 atom stereocenters. The highest BCUT2D eigenvalue weighted by Gasteiger charge is 2.39. The van der Waals surface area contributed by atoms with Gasteiger partial charge in [0.1, 0.15) is 12.1 Å². The maximum atomic E-state index is 13.0. The van der Waals surface area contributed by atoms with Crippen molar-refractivity contribution in [3.63, 3.8) is 0 Å². The Morgan fingerprint density at radius 2 is 1.72 bits per heavy atom. The summed E-state index contributed by atoms with van der Waals surface area (Å²) in [6.07, 6.45) is 0.223.